The third kappa shape index (κ3) is 2.00. The standard InChI is InChI=1S/C13H21NO4/c1-12(2)15-6-7-5-8(14)10-11(9(7)16-12)18-13(3,4)17-10/h5,8-11H,6,14H2,1-4H3/t8-,9+,10?,11?/m1/s1. The molecule has 3 aliphatic rings. The Bertz CT molecular complexity index is 390. The molecule has 2 fully saturated rings. The van der Waals surface area contributed by atoms with Crippen LogP contribution in [0.25, 0.3) is 0 Å². The Balaban J connectivity index is 1.91. The molecule has 102 valence electrons. The molecule has 1 aliphatic carbocycles. The van der Waals surface area contributed by atoms with E-state index in [4.69, 9.17) is 24.7 Å². The topological polar surface area (TPSA) is 62.9 Å². The van der Waals surface area contributed by atoms with E-state index in [2.05, 4.69) is 0 Å². The molecule has 0 aromatic carbocycles. The maximum absolute atomic E-state index is 6.12. The Morgan fingerprint density at radius 3 is 2.44 bits per heavy atom. The third-order valence-electron chi connectivity index (χ3n) is 3.61. The minimum Gasteiger partial charge on any atom is -0.346 e. The zero-order chi connectivity index (χ0) is 13.1. The second-order valence-electron chi connectivity index (χ2n) is 6.11. The molecule has 3 rings (SSSR count). The van der Waals surface area contributed by atoms with E-state index in [-0.39, 0.29) is 24.4 Å². The highest BCUT2D eigenvalue weighted by molar-refractivity contribution is 5.25. The van der Waals surface area contributed by atoms with Gasteiger partial charge in [-0.05, 0) is 33.3 Å². The lowest BCUT2D eigenvalue weighted by Crippen LogP contribution is -2.56. The first-order valence-electron chi connectivity index (χ1n) is 6.41. The maximum Gasteiger partial charge on any atom is 0.164 e. The first-order valence-corrected chi connectivity index (χ1v) is 6.41. The molecule has 5 heteroatoms. The number of nitrogens with two attached hydrogens (primary N) is 1. The number of hydrogen-bond acceptors (Lipinski definition) is 5. The largest absolute Gasteiger partial charge is 0.346 e. The van der Waals surface area contributed by atoms with Crippen LogP contribution < -0.4 is 5.73 Å². The summed E-state index contributed by atoms with van der Waals surface area (Å²) in [6.07, 6.45) is 1.56. The Morgan fingerprint density at radius 1 is 1.06 bits per heavy atom. The average molecular weight is 255 g/mol. The van der Waals surface area contributed by atoms with Crippen molar-refractivity contribution in [3.63, 3.8) is 0 Å². The number of hydrogen-bond donors (Lipinski definition) is 1. The van der Waals surface area contributed by atoms with Crippen LogP contribution >= 0.6 is 0 Å². The summed E-state index contributed by atoms with van der Waals surface area (Å²) in [5.74, 6) is -1.20. The lowest BCUT2D eigenvalue weighted by molar-refractivity contribution is -0.273. The Morgan fingerprint density at radius 2 is 1.72 bits per heavy atom. The van der Waals surface area contributed by atoms with E-state index in [1.165, 1.54) is 0 Å². The smallest absolute Gasteiger partial charge is 0.164 e. The van der Waals surface area contributed by atoms with Crippen LogP contribution in [0.1, 0.15) is 27.7 Å². The van der Waals surface area contributed by atoms with E-state index in [9.17, 15) is 0 Å². The molecule has 0 amide bonds. The number of fused-ring (bicyclic) bond motifs is 3. The van der Waals surface area contributed by atoms with E-state index < -0.39 is 11.6 Å². The average Bonchev–Trinajstić information content (AvgIpc) is 2.56. The van der Waals surface area contributed by atoms with E-state index in [1.807, 2.05) is 33.8 Å². The number of ether oxygens (including phenoxy) is 4. The van der Waals surface area contributed by atoms with Crippen molar-refractivity contribution in [3.8, 4) is 0 Å². The summed E-state index contributed by atoms with van der Waals surface area (Å²) in [5, 5.41) is 0. The molecule has 4 atom stereocenters. The van der Waals surface area contributed by atoms with Gasteiger partial charge in [-0.1, -0.05) is 6.08 Å². The fourth-order valence-corrected chi connectivity index (χ4v) is 2.87. The second-order valence-corrected chi connectivity index (χ2v) is 6.11. The Hall–Kier alpha value is -0.460. The quantitative estimate of drug-likeness (QED) is 0.652. The van der Waals surface area contributed by atoms with E-state index in [0.717, 1.165) is 5.57 Å². The lowest BCUT2D eigenvalue weighted by atomic mass is 9.88. The van der Waals surface area contributed by atoms with Gasteiger partial charge in [0.05, 0.1) is 12.6 Å². The monoisotopic (exact) mass is 255 g/mol. The van der Waals surface area contributed by atoms with Crippen LogP contribution in [0.3, 0.4) is 0 Å². The highest BCUT2D eigenvalue weighted by Gasteiger charge is 2.53. The Labute approximate surface area is 107 Å². The van der Waals surface area contributed by atoms with Gasteiger partial charge in [0.1, 0.15) is 18.3 Å². The zero-order valence-corrected chi connectivity index (χ0v) is 11.3. The molecule has 2 heterocycles. The normalized spacial score (nSPS) is 45.1. The Kier molecular flexibility index (Phi) is 2.63. The summed E-state index contributed by atoms with van der Waals surface area (Å²) in [6, 6.07) is -0.170. The molecule has 0 saturated carbocycles. The van der Waals surface area contributed by atoms with Gasteiger partial charge in [-0.15, -0.1) is 0 Å². The summed E-state index contributed by atoms with van der Waals surface area (Å²) in [4.78, 5) is 0. The van der Waals surface area contributed by atoms with Crippen molar-refractivity contribution in [1.82, 2.24) is 0 Å². The molecule has 0 radical (unpaired) electrons. The van der Waals surface area contributed by atoms with Crippen molar-refractivity contribution in [3.05, 3.63) is 11.6 Å². The van der Waals surface area contributed by atoms with Crippen LogP contribution in [-0.4, -0.2) is 42.5 Å². The van der Waals surface area contributed by atoms with Crippen LogP contribution in [0.2, 0.25) is 0 Å². The third-order valence-corrected chi connectivity index (χ3v) is 3.61. The van der Waals surface area contributed by atoms with Gasteiger partial charge in [0.15, 0.2) is 11.6 Å². The van der Waals surface area contributed by atoms with Gasteiger partial charge in [0.25, 0.3) is 0 Å². The highest BCUT2D eigenvalue weighted by atomic mass is 16.8. The van der Waals surface area contributed by atoms with Gasteiger partial charge in [-0.2, -0.15) is 0 Å². The highest BCUT2D eigenvalue weighted by Crippen LogP contribution is 2.41. The predicted octanol–water partition coefficient (Wildman–Crippen LogP) is 0.925. The van der Waals surface area contributed by atoms with Gasteiger partial charge in [-0.3, -0.25) is 0 Å². The van der Waals surface area contributed by atoms with E-state index >= 15 is 0 Å². The van der Waals surface area contributed by atoms with Gasteiger partial charge in [0.2, 0.25) is 0 Å². The predicted molar refractivity (Wildman–Crippen MR) is 64.8 cm³/mol. The van der Waals surface area contributed by atoms with Gasteiger partial charge < -0.3 is 24.7 Å². The molecule has 2 aliphatic heterocycles. The van der Waals surface area contributed by atoms with Crippen molar-refractivity contribution in [2.24, 2.45) is 5.73 Å². The van der Waals surface area contributed by atoms with Gasteiger partial charge in [-0.25, -0.2) is 0 Å². The lowest BCUT2D eigenvalue weighted by Gasteiger charge is -2.43. The molecule has 0 bridgehead atoms. The van der Waals surface area contributed by atoms with Crippen molar-refractivity contribution in [1.29, 1.82) is 0 Å². The minimum absolute atomic E-state index is 0.125. The fraction of sp³-hybridized carbons (Fsp3) is 0.846. The van der Waals surface area contributed by atoms with Crippen molar-refractivity contribution in [2.75, 3.05) is 6.61 Å². The van der Waals surface area contributed by atoms with Crippen LogP contribution in [0.5, 0.6) is 0 Å². The summed E-state index contributed by atoms with van der Waals surface area (Å²) in [5.41, 5.74) is 7.18. The van der Waals surface area contributed by atoms with Crippen molar-refractivity contribution >= 4 is 0 Å². The first-order chi connectivity index (χ1) is 8.27. The molecule has 0 aromatic rings. The molecular formula is C13H21NO4. The molecule has 2 N–H and O–H groups in total. The second kappa shape index (κ2) is 3.77. The minimum atomic E-state index is -0.609. The van der Waals surface area contributed by atoms with E-state index in [1.54, 1.807) is 0 Å². The van der Waals surface area contributed by atoms with Crippen LogP contribution in [0.15, 0.2) is 11.6 Å². The molecule has 2 saturated heterocycles. The molecule has 0 spiro atoms. The van der Waals surface area contributed by atoms with Crippen molar-refractivity contribution < 1.29 is 18.9 Å². The fourth-order valence-electron chi connectivity index (χ4n) is 2.87. The van der Waals surface area contributed by atoms with Crippen LogP contribution in [-0.2, 0) is 18.9 Å². The first kappa shape index (κ1) is 12.6. The van der Waals surface area contributed by atoms with Gasteiger partial charge >= 0.3 is 0 Å². The summed E-state index contributed by atoms with van der Waals surface area (Å²) in [7, 11) is 0. The summed E-state index contributed by atoms with van der Waals surface area (Å²) in [6.45, 7) is 8.17. The molecule has 18 heavy (non-hydrogen) atoms. The van der Waals surface area contributed by atoms with Crippen LogP contribution in [0.4, 0.5) is 0 Å². The molecule has 2 unspecified atom stereocenters. The number of rotatable bonds is 0. The molecular weight excluding hydrogens is 234 g/mol. The van der Waals surface area contributed by atoms with Crippen LogP contribution in [0, 0.1) is 0 Å². The maximum atomic E-state index is 6.12. The van der Waals surface area contributed by atoms with E-state index in [0.29, 0.717) is 6.61 Å². The van der Waals surface area contributed by atoms with Crippen molar-refractivity contribution in [2.45, 2.75) is 63.6 Å². The van der Waals surface area contributed by atoms with Gasteiger partial charge in [0, 0.05) is 0 Å². The zero-order valence-electron chi connectivity index (χ0n) is 11.3. The SMILES string of the molecule is CC1(C)OC2C(O1)[C@H]1OC(C)(C)OCC1=C[C@H]2N. The summed E-state index contributed by atoms with van der Waals surface area (Å²) >= 11 is 0. The molecule has 0 aromatic heterocycles. The molecule has 5 nitrogen and oxygen atoms in total. The summed E-state index contributed by atoms with van der Waals surface area (Å²) < 4.78 is 23.5.